The van der Waals surface area contributed by atoms with Crippen LogP contribution in [0.15, 0.2) is 17.0 Å². The summed E-state index contributed by atoms with van der Waals surface area (Å²) in [5.41, 5.74) is 5.67. The summed E-state index contributed by atoms with van der Waals surface area (Å²) >= 11 is 7.34. The van der Waals surface area contributed by atoms with Gasteiger partial charge < -0.3 is 5.73 Å². The van der Waals surface area contributed by atoms with Crippen molar-refractivity contribution in [1.29, 1.82) is 0 Å². The Morgan fingerprint density at radius 1 is 1.53 bits per heavy atom. The van der Waals surface area contributed by atoms with Gasteiger partial charge in [-0.25, -0.2) is 12.8 Å². The molecule has 0 radical (unpaired) electrons. The second-order valence-corrected chi connectivity index (χ2v) is 8.22. The summed E-state index contributed by atoms with van der Waals surface area (Å²) in [6.45, 7) is 2.66. The summed E-state index contributed by atoms with van der Waals surface area (Å²) in [4.78, 5) is -0.448. The zero-order chi connectivity index (χ0) is 14.2. The van der Waals surface area contributed by atoms with Gasteiger partial charge in [-0.3, -0.25) is 0 Å². The summed E-state index contributed by atoms with van der Waals surface area (Å²) in [5, 5.41) is -0.0962. The average molecular weight is 325 g/mol. The smallest absolute Gasteiger partial charge is 0.246 e. The van der Waals surface area contributed by atoms with Crippen LogP contribution in [-0.4, -0.2) is 36.8 Å². The van der Waals surface area contributed by atoms with E-state index in [2.05, 4.69) is 0 Å². The number of thioether (sulfide) groups is 1. The zero-order valence-corrected chi connectivity index (χ0v) is 12.7. The van der Waals surface area contributed by atoms with Gasteiger partial charge in [0.1, 0.15) is 4.90 Å². The molecule has 0 aliphatic carbocycles. The van der Waals surface area contributed by atoms with Crippen LogP contribution in [-0.2, 0) is 10.0 Å². The maximum atomic E-state index is 13.9. The molecule has 1 atom stereocenters. The third-order valence-corrected chi connectivity index (χ3v) is 6.11. The maximum absolute atomic E-state index is 13.9. The van der Waals surface area contributed by atoms with E-state index in [0.29, 0.717) is 18.8 Å². The number of rotatable bonds is 2. The van der Waals surface area contributed by atoms with Crippen molar-refractivity contribution in [2.75, 3.05) is 24.6 Å². The highest BCUT2D eigenvalue weighted by molar-refractivity contribution is 8.00. The molecular weight excluding hydrogens is 311 g/mol. The fourth-order valence-corrected chi connectivity index (χ4v) is 5.07. The third-order valence-electron chi connectivity index (χ3n) is 2.84. The second kappa shape index (κ2) is 5.47. The number of sulfonamides is 1. The molecule has 1 aliphatic heterocycles. The lowest BCUT2D eigenvalue weighted by Crippen LogP contribution is -2.41. The van der Waals surface area contributed by atoms with Crippen LogP contribution >= 0.6 is 23.4 Å². The number of anilines is 1. The Morgan fingerprint density at radius 3 is 2.84 bits per heavy atom. The fourth-order valence-electron chi connectivity index (χ4n) is 1.92. The standard InChI is InChI=1S/C11H14ClFN2O2S2/c1-7-6-15(2-3-18-7)19(16,17)10-5-8(14)4-9(12)11(10)13/h4-5,7H,2-3,6,14H2,1H3. The summed E-state index contributed by atoms with van der Waals surface area (Å²) < 4.78 is 40.1. The first-order valence-corrected chi connectivity index (χ1v) is 8.55. The SMILES string of the molecule is CC1CN(S(=O)(=O)c2cc(N)cc(Cl)c2F)CCS1. The minimum Gasteiger partial charge on any atom is -0.399 e. The molecule has 1 unspecified atom stereocenters. The van der Waals surface area contributed by atoms with Crippen LogP contribution in [0.25, 0.3) is 0 Å². The molecule has 0 spiro atoms. The van der Waals surface area contributed by atoms with E-state index in [1.165, 1.54) is 10.4 Å². The van der Waals surface area contributed by atoms with Gasteiger partial charge in [-0.1, -0.05) is 18.5 Å². The molecule has 0 amide bonds. The molecular formula is C11H14ClFN2O2S2. The lowest BCUT2D eigenvalue weighted by atomic mass is 10.3. The molecule has 0 saturated carbocycles. The molecule has 4 nitrogen and oxygen atoms in total. The van der Waals surface area contributed by atoms with E-state index in [0.717, 1.165) is 6.07 Å². The topological polar surface area (TPSA) is 63.4 Å². The van der Waals surface area contributed by atoms with Crippen molar-refractivity contribution >= 4 is 39.1 Å². The monoisotopic (exact) mass is 324 g/mol. The molecule has 1 aromatic carbocycles. The van der Waals surface area contributed by atoms with E-state index in [4.69, 9.17) is 17.3 Å². The van der Waals surface area contributed by atoms with Crippen molar-refractivity contribution in [1.82, 2.24) is 4.31 Å². The lowest BCUT2D eigenvalue weighted by molar-refractivity contribution is 0.420. The Kier molecular flexibility index (Phi) is 4.29. The van der Waals surface area contributed by atoms with Crippen LogP contribution in [0.4, 0.5) is 10.1 Å². The van der Waals surface area contributed by atoms with E-state index < -0.39 is 20.7 Å². The van der Waals surface area contributed by atoms with Crippen molar-refractivity contribution in [3.63, 3.8) is 0 Å². The summed E-state index contributed by atoms with van der Waals surface area (Å²) in [7, 11) is -3.89. The van der Waals surface area contributed by atoms with Gasteiger partial charge in [0.2, 0.25) is 10.0 Å². The minimum absolute atomic E-state index is 0.129. The van der Waals surface area contributed by atoms with Crippen molar-refractivity contribution in [2.45, 2.75) is 17.1 Å². The molecule has 8 heteroatoms. The number of nitrogen functional groups attached to an aromatic ring is 1. The number of halogens is 2. The van der Waals surface area contributed by atoms with Gasteiger partial charge in [0, 0.05) is 29.8 Å². The highest BCUT2D eigenvalue weighted by Gasteiger charge is 2.32. The van der Waals surface area contributed by atoms with Gasteiger partial charge in [0.25, 0.3) is 0 Å². The van der Waals surface area contributed by atoms with Gasteiger partial charge in [-0.2, -0.15) is 16.1 Å². The molecule has 106 valence electrons. The van der Waals surface area contributed by atoms with Gasteiger partial charge in [-0.05, 0) is 12.1 Å². The predicted octanol–water partition coefficient (Wildman–Crippen LogP) is 2.19. The Morgan fingerprint density at radius 2 is 2.21 bits per heavy atom. The molecule has 1 heterocycles. The lowest BCUT2D eigenvalue weighted by Gasteiger charge is -2.29. The first-order valence-electron chi connectivity index (χ1n) is 5.68. The Balaban J connectivity index is 2.45. The Labute approximate surface area is 121 Å². The van der Waals surface area contributed by atoms with Crippen LogP contribution in [0, 0.1) is 5.82 Å². The largest absolute Gasteiger partial charge is 0.399 e. The molecule has 1 aromatic rings. The van der Waals surface area contributed by atoms with Crippen LogP contribution in [0.2, 0.25) is 5.02 Å². The number of benzene rings is 1. The minimum atomic E-state index is -3.89. The summed E-state index contributed by atoms with van der Waals surface area (Å²) in [5.74, 6) is -0.250. The van der Waals surface area contributed by atoms with E-state index in [-0.39, 0.29) is 16.0 Å². The second-order valence-electron chi connectivity index (χ2n) is 4.36. The van der Waals surface area contributed by atoms with E-state index in [1.54, 1.807) is 11.8 Å². The van der Waals surface area contributed by atoms with Crippen LogP contribution in [0.3, 0.4) is 0 Å². The Hall–Kier alpha value is -0.500. The van der Waals surface area contributed by atoms with E-state index >= 15 is 0 Å². The van der Waals surface area contributed by atoms with E-state index in [1.807, 2.05) is 6.92 Å². The van der Waals surface area contributed by atoms with Gasteiger partial charge >= 0.3 is 0 Å². The molecule has 0 bridgehead atoms. The maximum Gasteiger partial charge on any atom is 0.246 e. The van der Waals surface area contributed by atoms with E-state index in [9.17, 15) is 12.8 Å². The quantitative estimate of drug-likeness (QED) is 0.847. The highest BCUT2D eigenvalue weighted by Crippen LogP contribution is 2.30. The summed E-state index contributed by atoms with van der Waals surface area (Å²) in [6.07, 6.45) is 0. The fraction of sp³-hybridized carbons (Fsp3) is 0.455. The van der Waals surface area contributed by atoms with Crippen LogP contribution < -0.4 is 5.73 Å². The van der Waals surface area contributed by atoms with Crippen LogP contribution in [0.5, 0.6) is 0 Å². The molecule has 1 fully saturated rings. The van der Waals surface area contributed by atoms with Crippen molar-refractivity contribution in [3.05, 3.63) is 23.0 Å². The van der Waals surface area contributed by atoms with Crippen molar-refractivity contribution < 1.29 is 12.8 Å². The number of nitrogens with two attached hydrogens (primary N) is 1. The molecule has 19 heavy (non-hydrogen) atoms. The van der Waals surface area contributed by atoms with Crippen molar-refractivity contribution in [2.24, 2.45) is 0 Å². The predicted molar refractivity (Wildman–Crippen MR) is 76.5 cm³/mol. The number of nitrogens with zero attached hydrogens (tertiary/aromatic N) is 1. The van der Waals surface area contributed by atoms with Gasteiger partial charge in [0.05, 0.1) is 5.02 Å². The first kappa shape index (κ1) is 14.9. The molecule has 2 N–H and O–H groups in total. The normalized spacial score (nSPS) is 21.5. The summed E-state index contributed by atoms with van der Waals surface area (Å²) in [6, 6.07) is 2.31. The molecule has 1 saturated heterocycles. The van der Waals surface area contributed by atoms with Gasteiger partial charge in [-0.15, -0.1) is 0 Å². The highest BCUT2D eigenvalue weighted by atomic mass is 35.5. The van der Waals surface area contributed by atoms with Crippen LogP contribution in [0.1, 0.15) is 6.92 Å². The van der Waals surface area contributed by atoms with Crippen molar-refractivity contribution in [3.8, 4) is 0 Å². The van der Waals surface area contributed by atoms with Gasteiger partial charge in [0.15, 0.2) is 5.82 Å². The number of hydrogen-bond acceptors (Lipinski definition) is 4. The number of hydrogen-bond donors (Lipinski definition) is 1. The first-order chi connectivity index (χ1) is 8.82. The Bertz CT molecular complexity index is 595. The average Bonchev–Trinajstić information content (AvgIpc) is 2.33. The molecule has 0 aromatic heterocycles. The third kappa shape index (κ3) is 2.99. The zero-order valence-electron chi connectivity index (χ0n) is 10.3. The molecule has 2 rings (SSSR count). The molecule has 1 aliphatic rings.